The fourth-order valence-corrected chi connectivity index (χ4v) is 1.86. The van der Waals surface area contributed by atoms with Crippen molar-refractivity contribution in [3.05, 3.63) is 11.6 Å². The van der Waals surface area contributed by atoms with Crippen LogP contribution in [0.4, 0.5) is 0 Å². The molecule has 0 N–H and O–H groups in total. The molecule has 0 radical (unpaired) electrons. The van der Waals surface area contributed by atoms with Gasteiger partial charge >= 0.3 is 5.97 Å². The van der Waals surface area contributed by atoms with Crippen molar-refractivity contribution in [3.8, 4) is 0 Å². The minimum atomic E-state index is -0.268. The normalized spacial score (nSPS) is 14.6. The van der Waals surface area contributed by atoms with E-state index < -0.39 is 0 Å². The van der Waals surface area contributed by atoms with Crippen LogP contribution in [-0.2, 0) is 9.53 Å². The van der Waals surface area contributed by atoms with E-state index in [-0.39, 0.29) is 10.3 Å². The first-order chi connectivity index (χ1) is 7.77. The number of alkyl halides is 3. The number of hydrogen-bond donors (Lipinski definition) is 0. The van der Waals surface area contributed by atoms with Crippen LogP contribution in [0.2, 0.25) is 0 Å². The number of carbonyl (C=O) groups is 1. The van der Waals surface area contributed by atoms with Crippen LogP contribution in [0.25, 0.3) is 0 Å². The number of carbonyl (C=O) groups excluding carboxylic acids is 1. The molecule has 0 heterocycles. The lowest BCUT2D eigenvalue weighted by atomic mass is 10.0. The molecule has 0 spiro atoms. The summed E-state index contributed by atoms with van der Waals surface area (Å²) in [5.74, 6) is 0.207. The maximum atomic E-state index is 10.6. The van der Waals surface area contributed by atoms with Crippen LogP contribution in [0, 0.1) is 0 Å². The Morgan fingerprint density at radius 3 is 2.53 bits per heavy atom. The van der Waals surface area contributed by atoms with Gasteiger partial charge < -0.3 is 4.74 Å². The predicted octanol–water partition coefficient (Wildman–Crippen LogP) is 4.43. The Balaban J connectivity index is 4.09. The Labute approximate surface area is 125 Å². The first kappa shape index (κ1) is 17.5. The molecule has 0 aliphatic heterocycles. The largest absolute Gasteiger partial charge is 0.462 e. The van der Waals surface area contributed by atoms with Crippen molar-refractivity contribution >= 4 is 49.4 Å². The second-order valence-electron chi connectivity index (χ2n) is 4.37. The number of esters is 1. The standard InChI is InChI=1S/C12H19Br2ClO2/c1-9(16)17-7-6-10(8-15)4-5-11(13)12(2,3)14/h6,11H,4-5,7-8H2,1-3H3/b10-6+. The summed E-state index contributed by atoms with van der Waals surface area (Å²) in [6.07, 6.45) is 3.77. The summed E-state index contributed by atoms with van der Waals surface area (Å²) in [4.78, 5) is 11.0. The maximum Gasteiger partial charge on any atom is 0.302 e. The van der Waals surface area contributed by atoms with Gasteiger partial charge in [0.05, 0.1) is 0 Å². The molecular weight excluding hydrogens is 371 g/mol. The second kappa shape index (κ2) is 8.54. The van der Waals surface area contributed by atoms with E-state index in [0.29, 0.717) is 17.3 Å². The van der Waals surface area contributed by atoms with Crippen molar-refractivity contribution in [3.63, 3.8) is 0 Å². The monoisotopic (exact) mass is 388 g/mol. The summed E-state index contributed by atoms with van der Waals surface area (Å²) in [5.41, 5.74) is 1.11. The van der Waals surface area contributed by atoms with Crippen LogP contribution in [-0.4, -0.2) is 27.6 Å². The molecule has 0 aromatic carbocycles. The summed E-state index contributed by atoms with van der Waals surface area (Å²) in [5, 5.41) is 0. The molecule has 17 heavy (non-hydrogen) atoms. The van der Waals surface area contributed by atoms with Crippen molar-refractivity contribution in [1.82, 2.24) is 0 Å². The molecule has 5 heteroatoms. The molecule has 1 atom stereocenters. The zero-order valence-corrected chi connectivity index (χ0v) is 14.4. The van der Waals surface area contributed by atoms with Crippen LogP contribution in [0.15, 0.2) is 11.6 Å². The molecular formula is C12H19Br2ClO2. The number of hydrogen-bond acceptors (Lipinski definition) is 2. The van der Waals surface area contributed by atoms with Gasteiger partial charge in [0, 0.05) is 22.0 Å². The minimum Gasteiger partial charge on any atom is -0.462 e. The van der Waals surface area contributed by atoms with Crippen LogP contribution in [0.3, 0.4) is 0 Å². The molecule has 0 bridgehead atoms. The molecule has 0 rings (SSSR count). The zero-order valence-electron chi connectivity index (χ0n) is 10.4. The molecule has 0 aliphatic carbocycles. The van der Waals surface area contributed by atoms with Gasteiger partial charge in [-0.3, -0.25) is 4.79 Å². The summed E-state index contributed by atoms with van der Waals surface area (Å²) in [6.45, 7) is 5.95. The Kier molecular flexibility index (Phi) is 8.77. The van der Waals surface area contributed by atoms with Gasteiger partial charge in [-0.2, -0.15) is 0 Å². The van der Waals surface area contributed by atoms with E-state index in [4.69, 9.17) is 16.3 Å². The zero-order chi connectivity index (χ0) is 13.5. The molecule has 0 amide bonds. The van der Waals surface area contributed by atoms with Crippen LogP contribution >= 0.6 is 43.5 Å². The Morgan fingerprint density at radius 2 is 2.12 bits per heavy atom. The molecule has 0 aliphatic rings. The van der Waals surface area contributed by atoms with E-state index in [1.54, 1.807) is 0 Å². The summed E-state index contributed by atoms with van der Waals surface area (Å²) in [7, 11) is 0. The van der Waals surface area contributed by atoms with Gasteiger partial charge in [-0.15, -0.1) is 11.6 Å². The smallest absolute Gasteiger partial charge is 0.302 e. The van der Waals surface area contributed by atoms with Crippen LogP contribution < -0.4 is 0 Å². The summed E-state index contributed by atoms with van der Waals surface area (Å²) in [6, 6.07) is 0. The van der Waals surface area contributed by atoms with Gasteiger partial charge in [0.2, 0.25) is 0 Å². The SMILES string of the molecule is CC(=O)OC/C=C(/CCl)CCC(Br)C(C)(C)Br. The third-order valence-corrected chi connectivity index (χ3v) is 5.41. The first-order valence-corrected chi connectivity index (χ1v) is 7.72. The Morgan fingerprint density at radius 1 is 1.53 bits per heavy atom. The van der Waals surface area contributed by atoms with Crippen molar-refractivity contribution < 1.29 is 9.53 Å². The third-order valence-electron chi connectivity index (χ3n) is 2.29. The van der Waals surface area contributed by atoms with E-state index in [1.807, 2.05) is 6.08 Å². The summed E-state index contributed by atoms with van der Waals surface area (Å²) < 4.78 is 4.91. The highest BCUT2D eigenvalue weighted by atomic mass is 79.9. The summed E-state index contributed by atoms with van der Waals surface area (Å²) >= 11 is 13.1. The van der Waals surface area contributed by atoms with Gasteiger partial charge in [0.15, 0.2) is 0 Å². The maximum absolute atomic E-state index is 10.6. The molecule has 1 unspecified atom stereocenters. The first-order valence-electron chi connectivity index (χ1n) is 5.47. The second-order valence-corrected chi connectivity index (χ2v) is 7.79. The number of ether oxygens (including phenoxy) is 1. The van der Waals surface area contributed by atoms with E-state index in [9.17, 15) is 4.79 Å². The number of rotatable bonds is 7. The van der Waals surface area contributed by atoms with Crippen LogP contribution in [0.1, 0.15) is 33.6 Å². The molecule has 0 saturated heterocycles. The van der Waals surface area contributed by atoms with E-state index in [2.05, 4.69) is 45.7 Å². The molecule has 100 valence electrons. The number of halogens is 3. The Hall–Kier alpha value is 0.460. The topological polar surface area (TPSA) is 26.3 Å². The molecule has 0 aromatic rings. The van der Waals surface area contributed by atoms with Crippen molar-refractivity contribution in [1.29, 1.82) is 0 Å². The molecule has 0 fully saturated rings. The highest BCUT2D eigenvalue weighted by molar-refractivity contribution is 9.12. The fraction of sp³-hybridized carbons (Fsp3) is 0.750. The van der Waals surface area contributed by atoms with Crippen molar-refractivity contribution in [2.75, 3.05) is 12.5 Å². The van der Waals surface area contributed by atoms with Gasteiger partial charge in [0.25, 0.3) is 0 Å². The lowest BCUT2D eigenvalue weighted by Crippen LogP contribution is -2.24. The molecule has 2 nitrogen and oxygen atoms in total. The van der Waals surface area contributed by atoms with Gasteiger partial charge in [-0.05, 0) is 32.8 Å². The highest BCUT2D eigenvalue weighted by Crippen LogP contribution is 2.31. The number of allylic oxidation sites excluding steroid dienone is 1. The predicted molar refractivity (Wildman–Crippen MR) is 80.4 cm³/mol. The van der Waals surface area contributed by atoms with E-state index in [1.165, 1.54) is 6.92 Å². The lowest BCUT2D eigenvalue weighted by molar-refractivity contribution is -0.139. The van der Waals surface area contributed by atoms with Gasteiger partial charge in [-0.1, -0.05) is 37.4 Å². The fourth-order valence-electron chi connectivity index (χ4n) is 1.16. The van der Waals surface area contributed by atoms with E-state index in [0.717, 1.165) is 18.4 Å². The quantitative estimate of drug-likeness (QED) is 0.365. The average Bonchev–Trinajstić information content (AvgIpc) is 2.20. The van der Waals surface area contributed by atoms with E-state index >= 15 is 0 Å². The van der Waals surface area contributed by atoms with Crippen molar-refractivity contribution in [2.24, 2.45) is 0 Å². The average molecular weight is 391 g/mol. The lowest BCUT2D eigenvalue weighted by Gasteiger charge is -2.23. The molecule has 0 saturated carbocycles. The molecule has 0 aromatic heterocycles. The van der Waals surface area contributed by atoms with Gasteiger partial charge in [0.1, 0.15) is 6.61 Å². The van der Waals surface area contributed by atoms with Crippen LogP contribution in [0.5, 0.6) is 0 Å². The minimum absolute atomic E-state index is 0.0559. The van der Waals surface area contributed by atoms with Crippen molar-refractivity contribution in [2.45, 2.75) is 42.8 Å². The highest BCUT2D eigenvalue weighted by Gasteiger charge is 2.23. The van der Waals surface area contributed by atoms with Gasteiger partial charge in [-0.25, -0.2) is 0 Å². The third kappa shape index (κ3) is 9.09. The Bertz CT molecular complexity index is 272.